The van der Waals surface area contributed by atoms with Crippen molar-refractivity contribution in [1.82, 2.24) is 5.32 Å². The highest BCUT2D eigenvalue weighted by molar-refractivity contribution is 6.04. The number of fused-ring (bicyclic) bond motifs is 1. The Morgan fingerprint density at radius 3 is 2.58 bits per heavy atom. The summed E-state index contributed by atoms with van der Waals surface area (Å²) in [4.78, 5) is 39.5. The molecule has 2 atom stereocenters. The van der Waals surface area contributed by atoms with E-state index in [1.807, 2.05) is 52.9 Å². The van der Waals surface area contributed by atoms with Crippen LogP contribution in [0.1, 0.15) is 34.1 Å². The molecule has 1 aromatic carbocycles. The maximum absolute atomic E-state index is 12.9. The van der Waals surface area contributed by atoms with E-state index in [-0.39, 0.29) is 48.8 Å². The molecule has 3 amide bonds. The first kappa shape index (κ1) is 19.9. The molecule has 7 nitrogen and oxygen atoms in total. The van der Waals surface area contributed by atoms with Gasteiger partial charge >= 0.3 is 0 Å². The Morgan fingerprint density at radius 2 is 1.92 bits per heavy atom. The molecule has 1 unspecified atom stereocenters. The molecular formula is C19H29N4O3+. The quantitative estimate of drug-likeness (QED) is 0.715. The highest BCUT2D eigenvalue weighted by Gasteiger charge is 2.31. The average Bonchev–Trinajstić information content (AvgIpc) is 2.58. The second kappa shape index (κ2) is 7.86. The summed E-state index contributed by atoms with van der Waals surface area (Å²) in [7, 11) is 1.82. The van der Waals surface area contributed by atoms with Crippen molar-refractivity contribution < 1.29 is 19.3 Å². The molecule has 0 saturated carbocycles. The van der Waals surface area contributed by atoms with Crippen LogP contribution in [0.25, 0.3) is 0 Å². The van der Waals surface area contributed by atoms with Crippen LogP contribution in [0.5, 0.6) is 0 Å². The fourth-order valence-electron chi connectivity index (χ4n) is 3.11. The zero-order valence-corrected chi connectivity index (χ0v) is 16.2. The summed E-state index contributed by atoms with van der Waals surface area (Å²) in [6.45, 7) is 8.01. The van der Waals surface area contributed by atoms with Crippen LogP contribution in [0.2, 0.25) is 0 Å². The molecule has 1 aromatic rings. The third-order valence-corrected chi connectivity index (χ3v) is 4.06. The van der Waals surface area contributed by atoms with E-state index < -0.39 is 0 Å². The molecule has 1 aliphatic heterocycles. The van der Waals surface area contributed by atoms with Crippen molar-refractivity contribution in [2.75, 3.05) is 30.4 Å². The van der Waals surface area contributed by atoms with Gasteiger partial charge in [0, 0.05) is 18.0 Å². The standard InChI is InChI=1S/C19H28N4O3/c1-13-10-16(24)20-14-8-6-7-9-15(14)23(13)18(26)12-22(5)11-17(25)21-19(2,3)4/h6-9,13H,10-12H2,1-5H3,(H,20,24)(H,21,25)/p+1/t13-/m0/s1. The summed E-state index contributed by atoms with van der Waals surface area (Å²) < 4.78 is 0. The molecule has 0 aliphatic carbocycles. The molecular weight excluding hydrogens is 332 g/mol. The Bertz CT molecular complexity index is 696. The van der Waals surface area contributed by atoms with Gasteiger partial charge in [-0.2, -0.15) is 0 Å². The van der Waals surface area contributed by atoms with Crippen LogP contribution in [-0.2, 0) is 14.4 Å². The Balaban J connectivity index is 2.10. The van der Waals surface area contributed by atoms with Crippen molar-refractivity contribution in [3.63, 3.8) is 0 Å². The maximum atomic E-state index is 12.9. The highest BCUT2D eigenvalue weighted by Crippen LogP contribution is 2.30. The van der Waals surface area contributed by atoms with Crippen LogP contribution >= 0.6 is 0 Å². The van der Waals surface area contributed by atoms with Gasteiger partial charge in [-0.1, -0.05) is 12.1 Å². The highest BCUT2D eigenvalue weighted by atomic mass is 16.2. The number of anilines is 2. The smallest absolute Gasteiger partial charge is 0.282 e. The van der Waals surface area contributed by atoms with E-state index in [4.69, 9.17) is 0 Å². The zero-order chi connectivity index (χ0) is 19.5. The van der Waals surface area contributed by atoms with Crippen LogP contribution in [0.15, 0.2) is 24.3 Å². The molecule has 0 bridgehead atoms. The Morgan fingerprint density at radius 1 is 1.27 bits per heavy atom. The average molecular weight is 361 g/mol. The van der Waals surface area contributed by atoms with Gasteiger partial charge in [0.2, 0.25) is 5.91 Å². The predicted octanol–water partition coefficient (Wildman–Crippen LogP) is 0.180. The van der Waals surface area contributed by atoms with Gasteiger partial charge in [-0.25, -0.2) is 0 Å². The van der Waals surface area contributed by atoms with E-state index in [1.165, 1.54) is 0 Å². The largest absolute Gasteiger partial charge is 0.347 e. The predicted molar refractivity (Wildman–Crippen MR) is 101 cm³/mol. The summed E-state index contributed by atoms with van der Waals surface area (Å²) in [5.74, 6) is -0.308. The van der Waals surface area contributed by atoms with Gasteiger partial charge in [0.25, 0.3) is 11.8 Å². The van der Waals surface area contributed by atoms with Gasteiger partial charge in [-0.15, -0.1) is 0 Å². The molecule has 0 fully saturated rings. The molecule has 0 aromatic heterocycles. The van der Waals surface area contributed by atoms with E-state index >= 15 is 0 Å². The molecule has 3 N–H and O–H groups in total. The Labute approximate surface area is 154 Å². The van der Waals surface area contributed by atoms with Crippen molar-refractivity contribution in [1.29, 1.82) is 0 Å². The normalized spacial score (nSPS) is 18.4. The minimum Gasteiger partial charge on any atom is -0.347 e. The molecule has 1 aliphatic rings. The second-order valence-corrected chi connectivity index (χ2v) is 7.99. The summed E-state index contributed by atoms with van der Waals surface area (Å²) in [6.07, 6.45) is 0.240. The number of quaternary nitrogens is 1. The fourth-order valence-corrected chi connectivity index (χ4v) is 3.11. The minimum absolute atomic E-state index is 0.0936. The van der Waals surface area contributed by atoms with E-state index in [0.29, 0.717) is 11.4 Å². The van der Waals surface area contributed by atoms with Crippen LogP contribution in [0, 0.1) is 0 Å². The number of likely N-dealkylation sites (N-methyl/N-ethyl adjacent to an activating group) is 1. The van der Waals surface area contributed by atoms with Crippen LogP contribution in [0.4, 0.5) is 11.4 Å². The number of para-hydroxylation sites is 2. The third-order valence-electron chi connectivity index (χ3n) is 4.06. The summed E-state index contributed by atoms with van der Waals surface area (Å²) in [5, 5.41) is 5.75. The van der Waals surface area contributed by atoms with Gasteiger partial charge < -0.3 is 20.4 Å². The number of amides is 3. The van der Waals surface area contributed by atoms with Crippen LogP contribution in [0.3, 0.4) is 0 Å². The van der Waals surface area contributed by atoms with Crippen molar-refractivity contribution in [2.24, 2.45) is 0 Å². The second-order valence-electron chi connectivity index (χ2n) is 7.99. The van der Waals surface area contributed by atoms with E-state index in [0.717, 1.165) is 4.90 Å². The maximum Gasteiger partial charge on any atom is 0.282 e. The lowest BCUT2D eigenvalue weighted by atomic mass is 10.1. The summed E-state index contributed by atoms with van der Waals surface area (Å²) >= 11 is 0. The van der Waals surface area contributed by atoms with E-state index in [9.17, 15) is 14.4 Å². The lowest BCUT2D eigenvalue weighted by Gasteiger charge is -2.28. The van der Waals surface area contributed by atoms with Gasteiger partial charge in [-0.3, -0.25) is 14.4 Å². The first-order chi connectivity index (χ1) is 12.1. The van der Waals surface area contributed by atoms with Crippen molar-refractivity contribution in [2.45, 2.75) is 45.7 Å². The first-order valence-electron chi connectivity index (χ1n) is 8.90. The number of carbonyl (C=O) groups is 3. The van der Waals surface area contributed by atoms with Gasteiger partial charge in [0.05, 0.1) is 18.4 Å². The molecule has 7 heteroatoms. The molecule has 0 radical (unpaired) electrons. The van der Waals surface area contributed by atoms with Crippen molar-refractivity contribution in [3.05, 3.63) is 24.3 Å². The molecule has 142 valence electrons. The fraction of sp³-hybridized carbons (Fsp3) is 0.526. The lowest BCUT2D eigenvalue weighted by Crippen LogP contribution is -3.11. The Kier molecular flexibility index (Phi) is 6.02. The van der Waals surface area contributed by atoms with E-state index in [1.54, 1.807) is 11.0 Å². The van der Waals surface area contributed by atoms with Gasteiger partial charge in [-0.05, 0) is 39.8 Å². The summed E-state index contributed by atoms with van der Waals surface area (Å²) in [6, 6.07) is 7.04. The monoisotopic (exact) mass is 361 g/mol. The number of nitrogens with one attached hydrogen (secondary N) is 3. The SMILES string of the molecule is C[C@H]1CC(=O)Nc2ccccc2N1C(=O)C[NH+](C)CC(=O)NC(C)(C)C. The minimum atomic E-state index is -0.300. The third kappa shape index (κ3) is 5.29. The van der Waals surface area contributed by atoms with Crippen molar-refractivity contribution in [3.8, 4) is 0 Å². The number of carbonyl (C=O) groups excluding carboxylic acids is 3. The van der Waals surface area contributed by atoms with Crippen LogP contribution in [-0.4, -0.2) is 49.4 Å². The molecule has 1 heterocycles. The first-order valence-corrected chi connectivity index (χ1v) is 8.90. The molecule has 0 saturated heterocycles. The topological polar surface area (TPSA) is 83.0 Å². The zero-order valence-electron chi connectivity index (χ0n) is 16.2. The molecule has 0 spiro atoms. The summed E-state index contributed by atoms with van der Waals surface area (Å²) in [5.41, 5.74) is 1.03. The number of benzene rings is 1. The molecule has 26 heavy (non-hydrogen) atoms. The van der Waals surface area contributed by atoms with Gasteiger partial charge in [0.15, 0.2) is 13.1 Å². The number of nitrogens with zero attached hydrogens (tertiary/aromatic N) is 1. The van der Waals surface area contributed by atoms with Crippen LogP contribution < -0.4 is 20.4 Å². The van der Waals surface area contributed by atoms with Crippen molar-refractivity contribution >= 4 is 29.1 Å². The molecule has 2 rings (SSSR count). The van der Waals surface area contributed by atoms with E-state index in [2.05, 4.69) is 10.6 Å². The number of hydrogen-bond acceptors (Lipinski definition) is 3. The van der Waals surface area contributed by atoms with Gasteiger partial charge in [0.1, 0.15) is 0 Å². The lowest BCUT2D eigenvalue weighted by molar-refractivity contribution is -0.862. The number of hydrogen-bond donors (Lipinski definition) is 3. The Hall–Kier alpha value is -2.41. The number of rotatable bonds is 4.